The molecule has 0 atom stereocenters. The number of halogens is 1. The largest absolute Gasteiger partial charge is 0.397 e. The van der Waals surface area contributed by atoms with E-state index in [0.717, 1.165) is 36.8 Å². The van der Waals surface area contributed by atoms with Crippen molar-refractivity contribution in [3.05, 3.63) is 41.4 Å². The summed E-state index contributed by atoms with van der Waals surface area (Å²) in [5, 5.41) is 0.711. The van der Waals surface area contributed by atoms with Crippen LogP contribution < -0.4 is 10.6 Å². The van der Waals surface area contributed by atoms with E-state index in [0.29, 0.717) is 5.02 Å². The van der Waals surface area contributed by atoms with Crippen LogP contribution in [0, 0.1) is 0 Å². The minimum Gasteiger partial charge on any atom is -0.397 e. The highest BCUT2D eigenvalue weighted by Crippen LogP contribution is 2.29. The van der Waals surface area contributed by atoms with Gasteiger partial charge in [0.2, 0.25) is 0 Å². The topological polar surface area (TPSA) is 47.1 Å². The van der Waals surface area contributed by atoms with Gasteiger partial charge >= 0.3 is 0 Å². The molecule has 5 heteroatoms. The molecule has 17 heavy (non-hydrogen) atoms. The molecule has 0 saturated heterocycles. The second-order valence-electron chi connectivity index (χ2n) is 4.16. The van der Waals surface area contributed by atoms with Crippen molar-refractivity contribution in [1.29, 1.82) is 0 Å². The van der Waals surface area contributed by atoms with Crippen LogP contribution in [-0.4, -0.2) is 16.1 Å². The van der Waals surface area contributed by atoms with Gasteiger partial charge in [0.05, 0.1) is 17.9 Å². The fourth-order valence-corrected chi connectivity index (χ4v) is 2.34. The van der Waals surface area contributed by atoms with Crippen LogP contribution in [0.1, 0.15) is 5.82 Å². The Labute approximate surface area is 105 Å². The first-order valence-corrected chi connectivity index (χ1v) is 5.92. The van der Waals surface area contributed by atoms with Crippen LogP contribution in [0.4, 0.5) is 11.4 Å². The highest BCUT2D eigenvalue weighted by Gasteiger charge is 2.18. The van der Waals surface area contributed by atoms with Crippen molar-refractivity contribution < 1.29 is 0 Å². The lowest BCUT2D eigenvalue weighted by Crippen LogP contribution is -2.34. The first kappa shape index (κ1) is 10.5. The molecule has 0 spiro atoms. The standard InChI is InChI=1S/C12H13ClN4/c13-9-1-2-10(14)11(7-9)17-6-5-16-4-3-15-12(16)8-17/h1-4,7H,5-6,8,14H2. The zero-order chi connectivity index (χ0) is 11.8. The van der Waals surface area contributed by atoms with Crippen molar-refractivity contribution in [2.24, 2.45) is 0 Å². The van der Waals surface area contributed by atoms with E-state index in [-0.39, 0.29) is 0 Å². The van der Waals surface area contributed by atoms with E-state index in [1.807, 2.05) is 30.6 Å². The van der Waals surface area contributed by atoms with Crippen molar-refractivity contribution >= 4 is 23.0 Å². The van der Waals surface area contributed by atoms with Gasteiger partial charge in [0, 0.05) is 30.5 Å². The van der Waals surface area contributed by atoms with Crippen LogP contribution in [0.5, 0.6) is 0 Å². The molecule has 1 aromatic carbocycles. The number of nitrogens with zero attached hydrogens (tertiary/aromatic N) is 3. The molecule has 0 saturated carbocycles. The van der Waals surface area contributed by atoms with E-state index in [1.54, 1.807) is 0 Å². The summed E-state index contributed by atoms with van der Waals surface area (Å²) in [6, 6.07) is 5.57. The summed E-state index contributed by atoms with van der Waals surface area (Å²) < 4.78 is 2.16. The van der Waals surface area contributed by atoms with Crippen molar-refractivity contribution in [3.63, 3.8) is 0 Å². The van der Waals surface area contributed by atoms with Gasteiger partial charge in [0.15, 0.2) is 0 Å². The third kappa shape index (κ3) is 1.85. The van der Waals surface area contributed by atoms with Crippen molar-refractivity contribution in [3.8, 4) is 0 Å². The van der Waals surface area contributed by atoms with E-state index in [1.165, 1.54) is 0 Å². The van der Waals surface area contributed by atoms with Gasteiger partial charge in [-0.05, 0) is 18.2 Å². The molecule has 2 N–H and O–H groups in total. The van der Waals surface area contributed by atoms with Crippen LogP contribution in [0.25, 0.3) is 0 Å². The average molecular weight is 249 g/mol. The molecule has 1 aliphatic rings. The number of hydrogen-bond acceptors (Lipinski definition) is 3. The molecule has 88 valence electrons. The molecular weight excluding hydrogens is 236 g/mol. The van der Waals surface area contributed by atoms with E-state index >= 15 is 0 Å². The minimum absolute atomic E-state index is 0.711. The molecule has 0 aliphatic carbocycles. The van der Waals surface area contributed by atoms with Crippen molar-refractivity contribution in [2.75, 3.05) is 17.2 Å². The van der Waals surface area contributed by atoms with Crippen LogP contribution in [-0.2, 0) is 13.1 Å². The normalized spacial score (nSPS) is 14.8. The minimum atomic E-state index is 0.711. The van der Waals surface area contributed by atoms with E-state index in [9.17, 15) is 0 Å². The van der Waals surface area contributed by atoms with Crippen molar-refractivity contribution in [2.45, 2.75) is 13.1 Å². The Bertz CT molecular complexity index is 549. The van der Waals surface area contributed by atoms with Gasteiger partial charge in [0.25, 0.3) is 0 Å². The van der Waals surface area contributed by atoms with Gasteiger partial charge in [-0.15, -0.1) is 0 Å². The fourth-order valence-electron chi connectivity index (χ4n) is 2.17. The molecule has 3 rings (SSSR count). The summed E-state index contributed by atoms with van der Waals surface area (Å²) in [6.45, 7) is 2.63. The molecule has 0 unspecified atom stereocenters. The SMILES string of the molecule is Nc1ccc(Cl)cc1N1CCn2ccnc2C1. The Morgan fingerprint density at radius 2 is 2.18 bits per heavy atom. The Hall–Kier alpha value is -1.68. The first-order valence-electron chi connectivity index (χ1n) is 5.54. The van der Waals surface area contributed by atoms with Crippen LogP contribution in [0.3, 0.4) is 0 Å². The predicted molar refractivity (Wildman–Crippen MR) is 69.1 cm³/mol. The quantitative estimate of drug-likeness (QED) is 0.787. The summed E-state index contributed by atoms with van der Waals surface area (Å²) in [5.74, 6) is 1.07. The second kappa shape index (κ2) is 3.96. The summed E-state index contributed by atoms with van der Waals surface area (Å²) in [6.07, 6.45) is 3.84. The summed E-state index contributed by atoms with van der Waals surface area (Å²) >= 11 is 6.01. The van der Waals surface area contributed by atoms with Gasteiger partial charge < -0.3 is 15.2 Å². The summed E-state index contributed by atoms with van der Waals surface area (Å²) in [5.41, 5.74) is 7.74. The highest BCUT2D eigenvalue weighted by atomic mass is 35.5. The Morgan fingerprint density at radius 1 is 1.29 bits per heavy atom. The average Bonchev–Trinajstić information content (AvgIpc) is 2.79. The molecule has 2 aromatic rings. The first-order chi connectivity index (χ1) is 8.24. The molecule has 0 radical (unpaired) electrons. The van der Waals surface area contributed by atoms with Gasteiger partial charge in [-0.25, -0.2) is 4.98 Å². The van der Waals surface area contributed by atoms with Crippen molar-refractivity contribution in [1.82, 2.24) is 9.55 Å². The highest BCUT2D eigenvalue weighted by molar-refractivity contribution is 6.31. The zero-order valence-corrected chi connectivity index (χ0v) is 10.1. The van der Waals surface area contributed by atoms with E-state index in [2.05, 4.69) is 14.5 Å². The molecule has 1 aliphatic heterocycles. The lowest BCUT2D eigenvalue weighted by Gasteiger charge is -2.30. The molecule has 2 heterocycles. The summed E-state index contributed by atoms with van der Waals surface area (Å²) in [7, 11) is 0. The molecular formula is C12H13ClN4. The molecule has 0 bridgehead atoms. The molecule has 0 amide bonds. The lowest BCUT2D eigenvalue weighted by molar-refractivity contribution is 0.560. The third-order valence-corrected chi connectivity index (χ3v) is 3.31. The Morgan fingerprint density at radius 3 is 3.06 bits per heavy atom. The fraction of sp³-hybridized carbons (Fsp3) is 0.250. The van der Waals surface area contributed by atoms with Gasteiger partial charge in [-0.3, -0.25) is 0 Å². The molecule has 1 aromatic heterocycles. The van der Waals surface area contributed by atoms with Crippen LogP contribution >= 0.6 is 11.6 Å². The van der Waals surface area contributed by atoms with Crippen LogP contribution in [0.15, 0.2) is 30.6 Å². The maximum Gasteiger partial charge on any atom is 0.128 e. The van der Waals surface area contributed by atoms with E-state index < -0.39 is 0 Å². The van der Waals surface area contributed by atoms with Gasteiger partial charge in [-0.2, -0.15) is 0 Å². The van der Waals surface area contributed by atoms with Crippen LogP contribution in [0.2, 0.25) is 5.02 Å². The number of hydrogen-bond donors (Lipinski definition) is 1. The number of nitrogens with two attached hydrogens (primary N) is 1. The number of anilines is 2. The number of fused-ring (bicyclic) bond motifs is 1. The Kier molecular flexibility index (Phi) is 2.44. The second-order valence-corrected chi connectivity index (χ2v) is 4.60. The maximum absolute atomic E-state index is 6.01. The summed E-state index contributed by atoms with van der Waals surface area (Å²) in [4.78, 5) is 6.54. The van der Waals surface area contributed by atoms with Gasteiger partial charge in [-0.1, -0.05) is 11.6 Å². The smallest absolute Gasteiger partial charge is 0.128 e. The maximum atomic E-state index is 6.01. The number of benzene rings is 1. The molecule has 4 nitrogen and oxygen atoms in total. The number of rotatable bonds is 1. The number of aromatic nitrogens is 2. The Balaban J connectivity index is 1.94. The number of imidazole rings is 1. The third-order valence-electron chi connectivity index (χ3n) is 3.08. The van der Waals surface area contributed by atoms with Gasteiger partial charge in [0.1, 0.15) is 5.82 Å². The monoisotopic (exact) mass is 248 g/mol. The lowest BCUT2D eigenvalue weighted by atomic mass is 10.2. The predicted octanol–water partition coefficient (Wildman–Crippen LogP) is 2.14. The molecule has 0 fully saturated rings. The zero-order valence-electron chi connectivity index (χ0n) is 9.31. The van der Waals surface area contributed by atoms with E-state index in [4.69, 9.17) is 17.3 Å². The number of nitrogen functional groups attached to an aromatic ring is 1.